The molecule has 1 aromatic heterocycles. The molecule has 196 valence electrons. The van der Waals surface area contributed by atoms with Gasteiger partial charge in [-0.1, -0.05) is 23.7 Å². The Hall–Kier alpha value is -3.80. The minimum absolute atomic E-state index is 0.110. The van der Waals surface area contributed by atoms with Crippen LogP contribution in [0.4, 0.5) is 16.4 Å². The second-order valence-electron chi connectivity index (χ2n) is 8.84. The van der Waals surface area contributed by atoms with Gasteiger partial charge in [-0.25, -0.2) is 14.8 Å². The molecule has 3 aromatic rings. The number of halogens is 1. The first kappa shape index (κ1) is 25.8. The van der Waals surface area contributed by atoms with Gasteiger partial charge in [0, 0.05) is 22.0 Å². The van der Waals surface area contributed by atoms with Crippen LogP contribution in [0.15, 0.2) is 48.5 Å². The second-order valence-corrected chi connectivity index (χ2v) is 10.5. The molecule has 0 unspecified atom stereocenters. The van der Waals surface area contributed by atoms with E-state index in [-0.39, 0.29) is 22.9 Å². The summed E-state index contributed by atoms with van der Waals surface area (Å²) in [5.41, 5.74) is 1.80. The maximum Gasteiger partial charge on any atom is 0.341 e. The molecule has 2 fully saturated rings. The van der Waals surface area contributed by atoms with Crippen LogP contribution >= 0.6 is 22.9 Å². The van der Waals surface area contributed by atoms with Gasteiger partial charge >= 0.3 is 5.97 Å². The fraction of sp³-hybridized carbons (Fsp3) is 0.269. The van der Waals surface area contributed by atoms with Crippen LogP contribution in [0.2, 0.25) is 5.02 Å². The summed E-state index contributed by atoms with van der Waals surface area (Å²) in [7, 11) is 0. The van der Waals surface area contributed by atoms with Crippen LogP contribution in [-0.2, 0) is 19.2 Å². The summed E-state index contributed by atoms with van der Waals surface area (Å²) in [4.78, 5) is 59.0. The van der Waals surface area contributed by atoms with Gasteiger partial charge in [0.25, 0.3) is 11.6 Å². The van der Waals surface area contributed by atoms with Crippen molar-refractivity contribution in [1.82, 2.24) is 0 Å². The van der Waals surface area contributed by atoms with Crippen molar-refractivity contribution in [2.45, 2.75) is 32.9 Å². The topological polar surface area (TPSA) is 119 Å². The van der Waals surface area contributed by atoms with Gasteiger partial charge in [-0.15, -0.1) is 11.3 Å². The Morgan fingerprint density at radius 1 is 1.11 bits per heavy atom. The van der Waals surface area contributed by atoms with E-state index in [1.807, 2.05) is 0 Å². The first-order valence-corrected chi connectivity index (χ1v) is 12.9. The molecule has 0 saturated carbocycles. The number of aryl methyl sites for hydroxylation is 1. The first-order chi connectivity index (χ1) is 18.1. The van der Waals surface area contributed by atoms with E-state index in [1.54, 1.807) is 57.2 Å². The molecule has 2 amide bonds. The Morgan fingerprint density at radius 2 is 1.76 bits per heavy atom. The molecule has 0 aliphatic carbocycles. The molecule has 2 aliphatic rings. The molecule has 0 N–H and O–H groups in total. The van der Waals surface area contributed by atoms with Crippen LogP contribution in [-0.4, -0.2) is 35.4 Å². The molecule has 2 saturated heterocycles. The van der Waals surface area contributed by atoms with Gasteiger partial charge in [0.05, 0.1) is 28.8 Å². The SMILES string of the molecule is CCOC(=O)c1c(N2C(=O)[C@H]3[C@@H](c4ccc([N+](=O)[O-])cc4)N(c4ccc(Cl)cc4)O[C@H]3C2=O)sc(C)c1C. The number of benzene rings is 2. The van der Waals surface area contributed by atoms with Gasteiger partial charge < -0.3 is 4.74 Å². The number of anilines is 2. The molecular weight excluding hydrogens is 534 g/mol. The maximum absolute atomic E-state index is 14.0. The smallest absolute Gasteiger partial charge is 0.341 e. The van der Waals surface area contributed by atoms with Crippen molar-refractivity contribution >= 4 is 57.1 Å². The molecule has 38 heavy (non-hydrogen) atoms. The number of fused-ring (bicyclic) bond motifs is 1. The van der Waals surface area contributed by atoms with E-state index in [0.717, 1.165) is 21.1 Å². The third-order valence-electron chi connectivity index (χ3n) is 6.69. The molecule has 2 aromatic carbocycles. The van der Waals surface area contributed by atoms with Crippen molar-refractivity contribution in [3.63, 3.8) is 0 Å². The van der Waals surface area contributed by atoms with Crippen molar-refractivity contribution in [3.8, 4) is 0 Å². The van der Waals surface area contributed by atoms with Gasteiger partial charge in [0.1, 0.15) is 10.9 Å². The minimum Gasteiger partial charge on any atom is -0.462 e. The average molecular weight is 556 g/mol. The third kappa shape index (κ3) is 4.12. The summed E-state index contributed by atoms with van der Waals surface area (Å²) in [6.45, 7) is 5.36. The highest BCUT2D eigenvalue weighted by molar-refractivity contribution is 7.17. The average Bonchev–Trinajstić information content (AvgIpc) is 3.50. The predicted octanol–water partition coefficient (Wildman–Crippen LogP) is 5.15. The van der Waals surface area contributed by atoms with Crippen LogP contribution in [0.25, 0.3) is 0 Å². The van der Waals surface area contributed by atoms with Crippen molar-refractivity contribution in [3.05, 3.63) is 85.2 Å². The number of carbonyl (C=O) groups excluding carboxylic acids is 3. The van der Waals surface area contributed by atoms with Gasteiger partial charge in [0.2, 0.25) is 5.91 Å². The van der Waals surface area contributed by atoms with Gasteiger partial charge in [-0.05, 0) is 56.2 Å². The Labute approximate surface area is 226 Å². The number of non-ortho nitro benzene ring substituents is 1. The number of imide groups is 1. The molecule has 0 bridgehead atoms. The number of nitrogens with zero attached hydrogens (tertiary/aromatic N) is 3. The van der Waals surface area contributed by atoms with Gasteiger partial charge in [-0.3, -0.25) is 24.5 Å². The monoisotopic (exact) mass is 555 g/mol. The number of rotatable bonds is 6. The Balaban J connectivity index is 1.59. The largest absolute Gasteiger partial charge is 0.462 e. The first-order valence-electron chi connectivity index (χ1n) is 11.7. The number of nitro benzene ring substituents is 1. The number of hydrogen-bond acceptors (Lipinski definition) is 9. The zero-order valence-corrected chi connectivity index (χ0v) is 22.1. The summed E-state index contributed by atoms with van der Waals surface area (Å²) < 4.78 is 5.21. The Morgan fingerprint density at radius 3 is 2.37 bits per heavy atom. The van der Waals surface area contributed by atoms with E-state index in [0.29, 0.717) is 21.8 Å². The molecule has 5 rings (SSSR count). The number of carbonyl (C=O) groups is 3. The van der Waals surface area contributed by atoms with Crippen molar-refractivity contribution in [2.75, 3.05) is 16.6 Å². The Kier molecular flexibility index (Phi) is 6.68. The van der Waals surface area contributed by atoms with E-state index in [9.17, 15) is 24.5 Å². The zero-order valence-electron chi connectivity index (χ0n) is 20.5. The van der Waals surface area contributed by atoms with Gasteiger partial charge in [-0.2, -0.15) is 0 Å². The molecule has 10 nitrogen and oxygen atoms in total. The number of hydrogen-bond donors (Lipinski definition) is 0. The lowest BCUT2D eigenvalue weighted by Gasteiger charge is -2.28. The molecule has 2 aliphatic heterocycles. The number of amides is 2. The van der Waals surface area contributed by atoms with E-state index in [2.05, 4.69) is 0 Å². The van der Waals surface area contributed by atoms with Crippen LogP contribution in [0, 0.1) is 29.9 Å². The second kappa shape index (κ2) is 9.82. The summed E-state index contributed by atoms with van der Waals surface area (Å²) in [6, 6.07) is 11.7. The summed E-state index contributed by atoms with van der Waals surface area (Å²) >= 11 is 7.21. The maximum atomic E-state index is 14.0. The molecular formula is C26H22ClN3O7S. The molecule has 0 spiro atoms. The van der Waals surface area contributed by atoms with Crippen molar-refractivity contribution < 1.29 is 28.9 Å². The summed E-state index contributed by atoms with van der Waals surface area (Å²) in [5.74, 6) is -2.73. The lowest BCUT2D eigenvalue weighted by atomic mass is 9.90. The fourth-order valence-corrected chi connectivity index (χ4v) is 6.05. The molecule has 3 atom stereocenters. The van der Waals surface area contributed by atoms with Crippen LogP contribution in [0.1, 0.15) is 39.3 Å². The number of esters is 1. The molecule has 0 radical (unpaired) electrons. The number of ether oxygens (including phenoxy) is 1. The van der Waals surface area contributed by atoms with Crippen LogP contribution < -0.4 is 9.96 Å². The zero-order chi connectivity index (χ0) is 27.3. The normalized spacial score (nSPS) is 20.7. The summed E-state index contributed by atoms with van der Waals surface area (Å²) in [6.07, 6.45) is -1.17. The van der Waals surface area contributed by atoms with E-state index in [4.69, 9.17) is 21.2 Å². The number of nitro groups is 1. The molecule has 3 heterocycles. The number of thiophene rings is 1. The standard InChI is InChI=1S/C26H22ClN3O7S/c1-4-36-26(33)19-13(2)14(3)38-25(19)28-23(31)20-21(15-5-9-18(10-6-15)30(34)35)29(37-22(20)24(28)32)17-11-7-16(27)8-12-17/h5-12,20-22H,4H2,1-3H3/t20-,21+,22+/m0/s1. The number of hydroxylamine groups is 1. The third-order valence-corrected chi connectivity index (χ3v) is 8.14. The Bertz CT molecular complexity index is 1450. The quantitative estimate of drug-likeness (QED) is 0.177. The lowest BCUT2D eigenvalue weighted by molar-refractivity contribution is -0.384. The van der Waals surface area contributed by atoms with Crippen molar-refractivity contribution in [1.29, 1.82) is 0 Å². The van der Waals surface area contributed by atoms with Crippen molar-refractivity contribution in [2.24, 2.45) is 5.92 Å². The van der Waals surface area contributed by atoms with Gasteiger partial charge in [0.15, 0.2) is 6.10 Å². The van der Waals surface area contributed by atoms with Crippen LogP contribution in [0.3, 0.4) is 0 Å². The highest BCUT2D eigenvalue weighted by atomic mass is 35.5. The molecule has 12 heteroatoms. The highest BCUT2D eigenvalue weighted by Gasteiger charge is 2.61. The van der Waals surface area contributed by atoms with E-state index in [1.165, 1.54) is 17.2 Å². The van der Waals surface area contributed by atoms with E-state index >= 15 is 0 Å². The summed E-state index contributed by atoms with van der Waals surface area (Å²) in [5, 5.41) is 13.4. The van der Waals surface area contributed by atoms with E-state index < -0.39 is 40.8 Å². The minimum atomic E-state index is -1.17. The van der Waals surface area contributed by atoms with Crippen LogP contribution in [0.5, 0.6) is 0 Å². The fourth-order valence-electron chi connectivity index (χ4n) is 4.77. The predicted molar refractivity (Wildman–Crippen MR) is 140 cm³/mol. The highest BCUT2D eigenvalue weighted by Crippen LogP contribution is 2.49. The lowest BCUT2D eigenvalue weighted by Crippen LogP contribution is -2.37.